The fourth-order valence-corrected chi connectivity index (χ4v) is 1.79. The minimum Gasteiger partial charge on any atom is -0.490 e. The summed E-state index contributed by atoms with van der Waals surface area (Å²) in [5.74, 6) is 0.945. The van der Waals surface area contributed by atoms with Gasteiger partial charge in [-0.05, 0) is 38.1 Å². The third-order valence-corrected chi connectivity index (χ3v) is 2.79. The van der Waals surface area contributed by atoms with Gasteiger partial charge in [0.1, 0.15) is 0 Å². The largest absolute Gasteiger partial charge is 0.490 e. The fourth-order valence-electron chi connectivity index (χ4n) is 1.79. The third kappa shape index (κ3) is 4.21. The van der Waals surface area contributed by atoms with Crippen LogP contribution in [-0.2, 0) is 4.79 Å². The van der Waals surface area contributed by atoms with E-state index in [9.17, 15) is 4.79 Å². The van der Waals surface area contributed by atoms with E-state index in [0.717, 1.165) is 5.69 Å². The lowest BCUT2D eigenvalue weighted by atomic mass is 10.3. The summed E-state index contributed by atoms with van der Waals surface area (Å²) in [6, 6.07) is 10.8. The van der Waals surface area contributed by atoms with Crippen molar-refractivity contribution in [2.45, 2.75) is 13.8 Å². The highest BCUT2D eigenvalue weighted by molar-refractivity contribution is 5.92. The zero-order valence-electron chi connectivity index (χ0n) is 12.1. The highest BCUT2D eigenvalue weighted by atomic mass is 16.5. The Hall–Kier alpha value is -2.56. The van der Waals surface area contributed by atoms with Gasteiger partial charge >= 0.3 is 0 Å². The van der Waals surface area contributed by atoms with Gasteiger partial charge in [0.05, 0.1) is 18.0 Å². The van der Waals surface area contributed by atoms with Crippen LogP contribution in [0.4, 0.5) is 5.69 Å². The smallest absolute Gasteiger partial charge is 0.262 e. The number of para-hydroxylation sites is 2. The quantitative estimate of drug-likeness (QED) is 0.887. The van der Waals surface area contributed by atoms with Crippen molar-refractivity contribution in [3.8, 4) is 11.5 Å². The molecule has 0 spiro atoms. The number of rotatable bonds is 6. The SMILES string of the molecule is CCOc1ccccc1OCC(=O)Nc1cccnc1C. The molecule has 0 atom stereocenters. The van der Waals surface area contributed by atoms with Gasteiger partial charge in [-0.25, -0.2) is 0 Å². The van der Waals surface area contributed by atoms with Gasteiger partial charge in [0.15, 0.2) is 18.1 Å². The highest BCUT2D eigenvalue weighted by Gasteiger charge is 2.08. The summed E-state index contributed by atoms with van der Waals surface area (Å²) in [6.45, 7) is 4.19. The molecule has 0 unspecified atom stereocenters. The Labute approximate surface area is 123 Å². The van der Waals surface area contributed by atoms with E-state index in [2.05, 4.69) is 10.3 Å². The lowest BCUT2D eigenvalue weighted by Crippen LogP contribution is -2.21. The molecule has 2 rings (SSSR count). The number of nitrogens with one attached hydrogen (secondary N) is 1. The molecule has 0 bridgehead atoms. The van der Waals surface area contributed by atoms with Crippen LogP contribution in [0, 0.1) is 6.92 Å². The van der Waals surface area contributed by atoms with Crippen molar-refractivity contribution in [1.82, 2.24) is 4.98 Å². The van der Waals surface area contributed by atoms with Gasteiger partial charge in [-0.3, -0.25) is 9.78 Å². The number of hydrogen-bond donors (Lipinski definition) is 1. The Bertz CT molecular complexity index is 614. The van der Waals surface area contributed by atoms with Gasteiger partial charge in [-0.2, -0.15) is 0 Å². The first-order chi connectivity index (χ1) is 10.2. The standard InChI is InChI=1S/C16H18N2O3/c1-3-20-14-8-4-5-9-15(14)21-11-16(19)18-13-7-6-10-17-12(13)2/h4-10H,3,11H2,1-2H3,(H,18,19). The van der Waals surface area contributed by atoms with E-state index in [4.69, 9.17) is 9.47 Å². The zero-order chi connectivity index (χ0) is 15.1. The van der Waals surface area contributed by atoms with E-state index >= 15 is 0 Å². The molecule has 1 heterocycles. The van der Waals surface area contributed by atoms with Crippen molar-refractivity contribution in [3.63, 3.8) is 0 Å². The van der Waals surface area contributed by atoms with E-state index in [0.29, 0.717) is 23.8 Å². The topological polar surface area (TPSA) is 60.5 Å². The predicted octanol–water partition coefficient (Wildman–Crippen LogP) is 2.81. The van der Waals surface area contributed by atoms with Crippen LogP contribution in [0.2, 0.25) is 0 Å². The lowest BCUT2D eigenvalue weighted by molar-refractivity contribution is -0.118. The van der Waals surface area contributed by atoms with Gasteiger partial charge in [-0.1, -0.05) is 12.1 Å². The molecule has 0 radical (unpaired) electrons. The Morgan fingerprint density at radius 2 is 1.86 bits per heavy atom. The highest BCUT2D eigenvalue weighted by Crippen LogP contribution is 2.26. The van der Waals surface area contributed by atoms with Crippen molar-refractivity contribution >= 4 is 11.6 Å². The van der Waals surface area contributed by atoms with E-state index in [1.165, 1.54) is 0 Å². The van der Waals surface area contributed by atoms with Gasteiger partial charge in [0.25, 0.3) is 5.91 Å². The average Bonchev–Trinajstić information content (AvgIpc) is 2.49. The Morgan fingerprint density at radius 3 is 2.52 bits per heavy atom. The molecule has 1 amide bonds. The van der Waals surface area contributed by atoms with Crippen LogP contribution in [0.15, 0.2) is 42.6 Å². The van der Waals surface area contributed by atoms with Gasteiger partial charge in [0.2, 0.25) is 0 Å². The van der Waals surface area contributed by atoms with Crippen molar-refractivity contribution in [1.29, 1.82) is 0 Å². The molecule has 5 nitrogen and oxygen atoms in total. The molecular weight excluding hydrogens is 268 g/mol. The summed E-state index contributed by atoms with van der Waals surface area (Å²) in [5.41, 5.74) is 1.45. The van der Waals surface area contributed by atoms with Crippen LogP contribution in [0.5, 0.6) is 11.5 Å². The number of aromatic nitrogens is 1. The average molecular weight is 286 g/mol. The van der Waals surface area contributed by atoms with Gasteiger partial charge < -0.3 is 14.8 Å². The first-order valence-electron chi connectivity index (χ1n) is 6.76. The maximum Gasteiger partial charge on any atom is 0.262 e. The Morgan fingerprint density at radius 1 is 1.14 bits per heavy atom. The van der Waals surface area contributed by atoms with E-state index in [1.807, 2.05) is 32.0 Å². The van der Waals surface area contributed by atoms with Crippen molar-refractivity contribution in [2.75, 3.05) is 18.5 Å². The van der Waals surface area contributed by atoms with Gasteiger partial charge in [0, 0.05) is 6.20 Å². The van der Waals surface area contributed by atoms with Crippen LogP contribution in [-0.4, -0.2) is 24.1 Å². The summed E-state index contributed by atoms with van der Waals surface area (Å²) in [7, 11) is 0. The molecule has 0 fully saturated rings. The summed E-state index contributed by atoms with van der Waals surface area (Å²) in [4.78, 5) is 16.0. The molecule has 0 saturated carbocycles. The van der Waals surface area contributed by atoms with Crippen molar-refractivity contribution in [3.05, 3.63) is 48.3 Å². The van der Waals surface area contributed by atoms with Crippen molar-refractivity contribution < 1.29 is 14.3 Å². The van der Waals surface area contributed by atoms with Crippen LogP contribution >= 0.6 is 0 Å². The number of nitrogens with zero attached hydrogens (tertiary/aromatic N) is 1. The first kappa shape index (κ1) is 14.8. The second kappa shape index (κ2) is 7.28. The predicted molar refractivity (Wildman–Crippen MR) is 80.7 cm³/mol. The number of anilines is 1. The number of aryl methyl sites for hydroxylation is 1. The zero-order valence-corrected chi connectivity index (χ0v) is 12.1. The molecule has 0 aliphatic heterocycles. The molecule has 110 valence electrons. The second-order valence-corrected chi connectivity index (χ2v) is 4.35. The second-order valence-electron chi connectivity index (χ2n) is 4.35. The van der Waals surface area contributed by atoms with E-state index in [-0.39, 0.29) is 12.5 Å². The number of amides is 1. The van der Waals surface area contributed by atoms with E-state index < -0.39 is 0 Å². The number of carbonyl (C=O) groups is 1. The number of carbonyl (C=O) groups excluding carboxylic acids is 1. The molecule has 0 saturated heterocycles. The van der Waals surface area contributed by atoms with Crippen LogP contribution < -0.4 is 14.8 Å². The molecule has 1 aromatic heterocycles. The number of benzene rings is 1. The van der Waals surface area contributed by atoms with Crippen LogP contribution in [0.25, 0.3) is 0 Å². The molecule has 5 heteroatoms. The van der Waals surface area contributed by atoms with Crippen LogP contribution in [0.3, 0.4) is 0 Å². The monoisotopic (exact) mass is 286 g/mol. The van der Waals surface area contributed by atoms with E-state index in [1.54, 1.807) is 24.4 Å². The summed E-state index contributed by atoms with van der Waals surface area (Å²) >= 11 is 0. The molecule has 1 aromatic carbocycles. The molecule has 2 aromatic rings. The van der Waals surface area contributed by atoms with Crippen molar-refractivity contribution in [2.24, 2.45) is 0 Å². The van der Waals surface area contributed by atoms with Gasteiger partial charge in [-0.15, -0.1) is 0 Å². The fraction of sp³-hybridized carbons (Fsp3) is 0.250. The molecule has 0 aliphatic rings. The summed E-state index contributed by atoms with van der Waals surface area (Å²) < 4.78 is 10.9. The maximum atomic E-state index is 11.9. The summed E-state index contributed by atoms with van der Waals surface area (Å²) in [5, 5.41) is 2.76. The molecule has 1 N–H and O–H groups in total. The molecular formula is C16H18N2O3. The number of hydrogen-bond acceptors (Lipinski definition) is 4. The van der Waals surface area contributed by atoms with Crippen LogP contribution in [0.1, 0.15) is 12.6 Å². The first-order valence-corrected chi connectivity index (χ1v) is 6.76. The minimum absolute atomic E-state index is 0.0849. The number of pyridine rings is 1. The minimum atomic E-state index is -0.239. The number of ether oxygens (including phenoxy) is 2. The normalized spacial score (nSPS) is 10.0. The summed E-state index contributed by atoms with van der Waals surface area (Å²) in [6.07, 6.45) is 1.68. The Kier molecular flexibility index (Phi) is 5.15. The Balaban J connectivity index is 1.94. The molecule has 0 aliphatic carbocycles. The maximum absolute atomic E-state index is 11.9. The molecule has 21 heavy (non-hydrogen) atoms. The third-order valence-electron chi connectivity index (χ3n) is 2.79. The lowest BCUT2D eigenvalue weighted by Gasteiger charge is -2.12.